The molecular weight excluding hydrogens is 315 g/mol. The van der Waals surface area contributed by atoms with Crippen molar-refractivity contribution in [3.63, 3.8) is 0 Å². The van der Waals surface area contributed by atoms with Crippen LogP contribution < -0.4 is 0 Å². The van der Waals surface area contributed by atoms with Gasteiger partial charge in [-0.3, -0.25) is 4.79 Å². The van der Waals surface area contributed by atoms with Crippen LogP contribution in [0.1, 0.15) is 15.9 Å². The van der Waals surface area contributed by atoms with E-state index in [1.165, 1.54) is 36.4 Å². The van der Waals surface area contributed by atoms with Crippen molar-refractivity contribution in [2.75, 3.05) is 6.26 Å². The van der Waals surface area contributed by atoms with E-state index in [-0.39, 0.29) is 22.1 Å². The Morgan fingerprint density at radius 2 is 1.76 bits per heavy atom. The Kier molecular flexibility index (Phi) is 4.44. The molecule has 0 heterocycles. The molecule has 0 N–H and O–H groups in total. The fourth-order valence-electron chi connectivity index (χ4n) is 1.85. The molecule has 0 amide bonds. The highest BCUT2D eigenvalue weighted by molar-refractivity contribution is 7.90. The first kappa shape index (κ1) is 15.7. The van der Waals surface area contributed by atoms with Gasteiger partial charge >= 0.3 is 0 Å². The van der Waals surface area contributed by atoms with Crippen LogP contribution in [-0.4, -0.2) is 20.5 Å². The van der Waals surface area contributed by atoms with Gasteiger partial charge < -0.3 is 0 Å². The molecule has 2 aromatic rings. The maximum atomic E-state index is 13.3. The quantitative estimate of drug-likeness (QED) is 0.810. The highest BCUT2D eigenvalue weighted by Gasteiger charge is 2.13. The van der Waals surface area contributed by atoms with Crippen LogP contribution in [0, 0.1) is 5.82 Å². The third-order valence-electron chi connectivity index (χ3n) is 2.99. The molecule has 6 heteroatoms. The molecule has 3 nitrogen and oxygen atoms in total. The SMILES string of the molecule is CS(=O)(=O)c1ccc(C(=O)Cc2cccc(F)c2Cl)cc1. The molecule has 0 saturated carbocycles. The first-order valence-electron chi connectivity index (χ1n) is 6.05. The lowest BCUT2D eigenvalue weighted by atomic mass is 10.0. The second-order valence-corrected chi connectivity index (χ2v) is 7.00. The number of carbonyl (C=O) groups excluding carboxylic acids is 1. The summed E-state index contributed by atoms with van der Waals surface area (Å²) >= 11 is 5.80. The molecule has 0 aliphatic carbocycles. The summed E-state index contributed by atoms with van der Waals surface area (Å²) in [7, 11) is -3.30. The van der Waals surface area contributed by atoms with Crippen molar-refractivity contribution in [1.82, 2.24) is 0 Å². The number of benzene rings is 2. The maximum absolute atomic E-state index is 13.3. The Labute approximate surface area is 127 Å². The Balaban J connectivity index is 2.23. The summed E-state index contributed by atoms with van der Waals surface area (Å²) in [4.78, 5) is 12.2. The topological polar surface area (TPSA) is 51.2 Å². The normalized spacial score (nSPS) is 11.4. The van der Waals surface area contributed by atoms with Crippen LogP contribution in [0.25, 0.3) is 0 Å². The fraction of sp³-hybridized carbons (Fsp3) is 0.133. The summed E-state index contributed by atoms with van der Waals surface area (Å²) in [6.45, 7) is 0. The Hall–Kier alpha value is -1.72. The van der Waals surface area contributed by atoms with Gasteiger partial charge in [-0.05, 0) is 23.8 Å². The average Bonchev–Trinajstić information content (AvgIpc) is 2.43. The number of Topliss-reactive ketones (excluding diaryl/α,β-unsaturated/α-hetero) is 1. The third-order valence-corrected chi connectivity index (χ3v) is 4.54. The van der Waals surface area contributed by atoms with E-state index in [1.807, 2.05) is 0 Å². The van der Waals surface area contributed by atoms with Crippen LogP contribution in [-0.2, 0) is 16.3 Å². The molecule has 0 aromatic heterocycles. The van der Waals surface area contributed by atoms with Crippen LogP contribution in [0.5, 0.6) is 0 Å². The van der Waals surface area contributed by atoms with Gasteiger partial charge in [0.25, 0.3) is 0 Å². The van der Waals surface area contributed by atoms with Crippen molar-refractivity contribution in [2.45, 2.75) is 11.3 Å². The smallest absolute Gasteiger partial charge is 0.175 e. The molecular formula is C15H12ClFO3S. The van der Waals surface area contributed by atoms with Crippen LogP contribution in [0.15, 0.2) is 47.4 Å². The standard InChI is InChI=1S/C15H12ClFO3S/c1-21(19,20)12-7-5-10(6-8-12)14(18)9-11-3-2-4-13(17)15(11)16/h2-8H,9H2,1H3. The lowest BCUT2D eigenvalue weighted by molar-refractivity contribution is 0.0993. The summed E-state index contributed by atoms with van der Waals surface area (Å²) < 4.78 is 36.0. The van der Waals surface area contributed by atoms with Crippen molar-refractivity contribution in [3.05, 3.63) is 64.4 Å². The Morgan fingerprint density at radius 3 is 2.33 bits per heavy atom. The molecule has 0 unspecified atom stereocenters. The van der Waals surface area contributed by atoms with E-state index >= 15 is 0 Å². The van der Waals surface area contributed by atoms with Crippen molar-refractivity contribution in [2.24, 2.45) is 0 Å². The molecule has 0 aliphatic heterocycles. The van der Waals surface area contributed by atoms with Crippen molar-refractivity contribution in [3.8, 4) is 0 Å². The summed E-state index contributed by atoms with van der Waals surface area (Å²) in [6.07, 6.45) is 1.05. The zero-order chi connectivity index (χ0) is 15.6. The number of rotatable bonds is 4. The van der Waals surface area contributed by atoms with Crippen molar-refractivity contribution >= 4 is 27.2 Å². The van der Waals surface area contributed by atoms with E-state index in [1.54, 1.807) is 6.07 Å². The molecule has 0 atom stereocenters. The lowest BCUT2D eigenvalue weighted by Gasteiger charge is -2.05. The first-order chi connectivity index (χ1) is 9.79. The lowest BCUT2D eigenvalue weighted by Crippen LogP contribution is -2.05. The highest BCUT2D eigenvalue weighted by Crippen LogP contribution is 2.21. The highest BCUT2D eigenvalue weighted by atomic mass is 35.5. The monoisotopic (exact) mass is 326 g/mol. The minimum Gasteiger partial charge on any atom is -0.294 e. The van der Waals surface area contributed by atoms with Gasteiger partial charge in [0.2, 0.25) is 0 Å². The van der Waals surface area contributed by atoms with Gasteiger partial charge in [0.15, 0.2) is 15.6 Å². The van der Waals surface area contributed by atoms with Crippen LogP contribution in [0.4, 0.5) is 4.39 Å². The number of sulfone groups is 1. The Bertz CT molecular complexity index is 783. The second kappa shape index (κ2) is 5.95. The molecule has 0 aliphatic rings. The van der Waals surface area contributed by atoms with Gasteiger partial charge in [-0.2, -0.15) is 0 Å². The molecule has 0 spiro atoms. The molecule has 0 fully saturated rings. The van der Waals surface area contributed by atoms with Gasteiger partial charge in [-0.15, -0.1) is 0 Å². The van der Waals surface area contributed by atoms with E-state index in [0.717, 1.165) is 6.26 Å². The van der Waals surface area contributed by atoms with Crippen LogP contribution >= 0.6 is 11.6 Å². The fourth-order valence-corrected chi connectivity index (χ4v) is 2.67. The second-order valence-electron chi connectivity index (χ2n) is 4.61. The minimum absolute atomic E-state index is 0.0468. The summed E-state index contributed by atoms with van der Waals surface area (Å²) in [5.41, 5.74) is 0.747. The predicted octanol–water partition coefficient (Wildman–Crippen LogP) is 3.31. The third kappa shape index (κ3) is 3.68. The van der Waals surface area contributed by atoms with E-state index < -0.39 is 15.7 Å². The van der Waals surface area contributed by atoms with Crippen molar-refractivity contribution < 1.29 is 17.6 Å². The summed E-state index contributed by atoms with van der Waals surface area (Å²) in [5.74, 6) is -0.836. The number of ketones is 1. The molecule has 2 aromatic carbocycles. The number of carbonyl (C=O) groups is 1. The molecule has 0 radical (unpaired) electrons. The molecule has 0 saturated heterocycles. The zero-order valence-electron chi connectivity index (χ0n) is 11.1. The van der Waals surface area contributed by atoms with Gasteiger partial charge in [-0.1, -0.05) is 35.9 Å². The molecule has 110 valence electrons. The van der Waals surface area contributed by atoms with E-state index in [9.17, 15) is 17.6 Å². The van der Waals surface area contributed by atoms with Gasteiger partial charge in [-0.25, -0.2) is 12.8 Å². The van der Waals surface area contributed by atoms with E-state index in [4.69, 9.17) is 11.6 Å². The van der Waals surface area contributed by atoms with Gasteiger partial charge in [0, 0.05) is 18.2 Å². The number of hydrogen-bond donors (Lipinski definition) is 0. The number of halogens is 2. The van der Waals surface area contributed by atoms with Crippen LogP contribution in [0.2, 0.25) is 5.02 Å². The average molecular weight is 327 g/mol. The predicted molar refractivity (Wildman–Crippen MR) is 79.0 cm³/mol. The van der Waals surface area contributed by atoms with Gasteiger partial charge in [0.1, 0.15) is 5.82 Å². The summed E-state index contributed by atoms with van der Waals surface area (Å²) in [5, 5.41) is -0.0707. The molecule has 2 rings (SSSR count). The largest absolute Gasteiger partial charge is 0.294 e. The molecule has 0 bridgehead atoms. The van der Waals surface area contributed by atoms with E-state index in [0.29, 0.717) is 11.1 Å². The van der Waals surface area contributed by atoms with Crippen LogP contribution in [0.3, 0.4) is 0 Å². The molecule has 21 heavy (non-hydrogen) atoms. The van der Waals surface area contributed by atoms with Gasteiger partial charge in [0.05, 0.1) is 9.92 Å². The maximum Gasteiger partial charge on any atom is 0.175 e. The summed E-state index contributed by atoms with van der Waals surface area (Å²) in [6, 6.07) is 9.89. The zero-order valence-corrected chi connectivity index (χ0v) is 12.7. The van der Waals surface area contributed by atoms with Crippen molar-refractivity contribution in [1.29, 1.82) is 0 Å². The Morgan fingerprint density at radius 1 is 1.14 bits per heavy atom. The number of hydrogen-bond acceptors (Lipinski definition) is 3. The van der Waals surface area contributed by atoms with E-state index in [2.05, 4.69) is 0 Å². The first-order valence-corrected chi connectivity index (χ1v) is 8.32. The minimum atomic E-state index is -3.30.